The van der Waals surface area contributed by atoms with E-state index >= 15 is 0 Å². The molecule has 2 unspecified atom stereocenters. The number of nitrogens with one attached hydrogen (secondary N) is 2. The van der Waals surface area contributed by atoms with E-state index in [1.807, 2.05) is 6.07 Å². The maximum Gasteiger partial charge on any atom is 0.338 e. The normalized spacial score (nSPS) is 19.8. The number of benzene rings is 2. The van der Waals surface area contributed by atoms with Crippen LogP contribution in [0.4, 0.5) is 0 Å². The van der Waals surface area contributed by atoms with Crippen molar-refractivity contribution in [3.8, 4) is 11.5 Å². The van der Waals surface area contributed by atoms with Gasteiger partial charge < -0.3 is 24.5 Å². The number of H-pyrrole nitrogens is 1. The second kappa shape index (κ2) is 9.13. The molecule has 2 aliphatic rings. The highest BCUT2D eigenvalue weighted by atomic mass is 16.6. The summed E-state index contributed by atoms with van der Waals surface area (Å²) >= 11 is 0. The Hall–Kier alpha value is -3.55. The third-order valence-corrected chi connectivity index (χ3v) is 6.21. The van der Waals surface area contributed by atoms with Crippen molar-refractivity contribution in [1.82, 2.24) is 15.3 Å². The smallest absolute Gasteiger partial charge is 0.338 e. The van der Waals surface area contributed by atoms with Gasteiger partial charge in [-0.1, -0.05) is 6.42 Å². The van der Waals surface area contributed by atoms with E-state index in [0.29, 0.717) is 42.4 Å². The third kappa shape index (κ3) is 4.51. The van der Waals surface area contributed by atoms with Gasteiger partial charge in [0.25, 0.3) is 5.91 Å². The van der Waals surface area contributed by atoms with Crippen LogP contribution in [0.3, 0.4) is 0 Å². The molecular weight excluding hydrogens is 422 g/mol. The molecule has 0 saturated heterocycles. The number of ether oxygens (including phenoxy) is 3. The van der Waals surface area contributed by atoms with Gasteiger partial charge in [-0.05, 0) is 62.6 Å². The molecule has 172 valence electrons. The Bertz CT molecular complexity index is 1190. The molecule has 1 aliphatic heterocycles. The number of hydrogen-bond acceptors (Lipinski definition) is 6. The van der Waals surface area contributed by atoms with Gasteiger partial charge in [-0.3, -0.25) is 4.79 Å². The van der Waals surface area contributed by atoms with Gasteiger partial charge in [-0.15, -0.1) is 0 Å². The Labute approximate surface area is 191 Å². The van der Waals surface area contributed by atoms with Crippen LogP contribution in [-0.2, 0) is 4.74 Å². The highest BCUT2D eigenvalue weighted by molar-refractivity contribution is 5.95. The Morgan fingerprint density at radius 1 is 1.09 bits per heavy atom. The zero-order valence-corrected chi connectivity index (χ0v) is 18.6. The monoisotopic (exact) mass is 449 g/mol. The highest BCUT2D eigenvalue weighted by Crippen LogP contribution is 2.34. The summed E-state index contributed by atoms with van der Waals surface area (Å²) in [5.74, 6) is 1.94. The summed E-state index contributed by atoms with van der Waals surface area (Å²) in [5, 5.41) is 3.18. The maximum absolute atomic E-state index is 12.9. The molecule has 2 N–H and O–H groups in total. The summed E-state index contributed by atoms with van der Waals surface area (Å²) in [4.78, 5) is 33.0. The third-order valence-electron chi connectivity index (χ3n) is 6.21. The van der Waals surface area contributed by atoms with Crippen molar-refractivity contribution < 1.29 is 23.8 Å². The lowest BCUT2D eigenvalue weighted by molar-refractivity contribution is 0.0526. The van der Waals surface area contributed by atoms with Crippen LogP contribution in [0.15, 0.2) is 36.4 Å². The first kappa shape index (κ1) is 21.3. The van der Waals surface area contributed by atoms with Crippen molar-refractivity contribution in [3.63, 3.8) is 0 Å². The molecule has 1 amide bonds. The molecule has 1 aliphatic carbocycles. The first-order valence-electron chi connectivity index (χ1n) is 11.5. The topological polar surface area (TPSA) is 103 Å². The first-order valence-corrected chi connectivity index (χ1v) is 11.5. The zero-order valence-electron chi connectivity index (χ0n) is 18.6. The predicted molar refractivity (Wildman–Crippen MR) is 122 cm³/mol. The van der Waals surface area contributed by atoms with E-state index in [-0.39, 0.29) is 23.8 Å². The van der Waals surface area contributed by atoms with Crippen LogP contribution in [0, 0.1) is 0 Å². The number of aromatic amines is 1. The number of amides is 1. The molecule has 8 heteroatoms. The summed E-state index contributed by atoms with van der Waals surface area (Å²) in [6.45, 7) is 3.14. The second-order valence-electron chi connectivity index (χ2n) is 8.47. The lowest BCUT2D eigenvalue weighted by Gasteiger charge is -2.29. The van der Waals surface area contributed by atoms with Crippen LogP contribution in [-0.4, -0.2) is 47.7 Å². The fourth-order valence-electron chi connectivity index (χ4n) is 4.59. The number of hydrogen-bond donors (Lipinski definition) is 2. The fraction of sp³-hybridized carbons (Fsp3) is 0.400. The first-order chi connectivity index (χ1) is 16.1. The molecule has 2 aromatic carbocycles. The molecule has 2 heterocycles. The van der Waals surface area contributed by atoms with Crippen LogP contribution in [0.1, 0.15) is 65.1 Å². The van der Waals surface area contributed by atoms with E-state index in [4.69, 9.17) is 19.2 Å². The van der Waals surface area contributed by atoms with Gasteiger partial charge in [-0.2, -0.15) is 0 Å². The van der Waals surface area contributed by atoms with Crippen molar-refractivity contribution in [2.75, 3.05) is 19.8 Å². The summed E-state index contributed by atoms with van der Waals surface area (Å²) in [6, 6.07) is 10.7. The number of esters is 1. The minimum atomic E-state index is -0.338. The van der Waals surface area contributed by atoms with Gasteiger partial charge >= 0.3 is 5.97 Å². The van der Waals surface area contributed by atoms with Gasteiger partial charge in [0.15, 0.2) is 11.5 Å². The number of nitrogens with zero attached hydrogens (tertiary/aromatic N) is 1. The lowest BCUT2D eigenvalue weighted by atomic mass is 9.85. The van der Waals surface area contributed by atoms with E-state index in [9.17, 15) is 9.59 Å². The number of rotatable bonds is 5. The van der Waals surface area contributed by atoms with Crippen LogP contribution in [0.2, 0.25) is 0 Å². The fourth-order valence-corrected chi connectivity index (χ4v) is 4.59. The van der Waals surface area contributed by atoms with E-state index in [1.54, 1.807) is 37.3 Å². The molecule has 8 nitrogen and oxygen atoms in total. The Kier molecular flexibility index (Phi) is 5.90. The molecule has 1 fully saturated rings. The number of fused-ring (bicyclic) bond motifs is 2. The molecule has 3 aromatic rings. The van der Waals surface area contributed by atoms with Gasteiger partial charge in [0.05, 0.1) is 23.2 Å². The molecule has 0 bridgehead atoms. The van der Waals surface area contributed by atoms with Gasteiger partial charge in [0.2, 0.25) is 0 Å². The van der Waals surface area contributed by atoms with Crippen LogP contribution >= 0.6 is 0 Å². The van der Waals surface area contributed by atoms with Crippen molar-refractivity contribution in [1.29, 1.82) is 0 Å². The molecular formula is C25H27N3O5. The zero-order chi connectivity index (χ0) is 22.8. The van der Waals surface area contributed by atoms with E-state index in [2.05, 4.69) is 10.3 Å². The second-order valence-corrected chi connectivity index (χ2v) is 8.47. The molecule has 0 radical (unpaired) electrons. The van der Waals surface area contributed by atoms with Crippen LogP contribution < -0.4 is 14.8 Å². The SMILES string of the molecule is CCOC(=O)c1ccc2nc(C3CCCC(NC(=O)c4ccc5c(c4)OCCO5)C3)[nH]c2c1. The van der Waals surface area contributed by atoms with Gasteiger partial charge in [0, 0.05) is 17.5 Å². The summed E-state index contributed by atoms with van der Waals surface area (Å²) < 4.78 is 16.2. The summed E-state index contributed by atoms with van der Waals surface area (Å²) in [6.07, 6.45) is 3.74. The van der Waals surface area contributed by atoms with Gasteiger partial charge in [0.1, 0.15) is 19.0 Å². The quantitative estimate of drug-likeness (QED) is 0.572. The minimum Gasteiger partial charge on any atom is -0.486 e. The average molecular weight is 450 g/mol. The highest BCUT2D eigenvalue weighted by Gasteiger charge is 2.27. The minimum absolute atomic E-state index is 0.0627. The van der Waals surface area contributed by atoms with E-state index in [0.717, 1.165) is 42.5 Å². The van der Waals surface area contributed by atoms with Crippen LogP contribution in [0.25, 0.3) is 11.0 Å². The number of imidazole rings is 1. The summed E-state index contributed by atoms with van der Waals surface area (Å²) in [5.41, 5.74) is 2.71. The number of aromatic nitrogens is 2. The summed E-state index contributed by atoms with van der Waals surface area (Å²) in [7, 11) is 0. The Balaban J connectivity index is 1.27. The molecule has 2 atom stereocenters. The molecule has 1 saturated carbocycles. The van der Waals surface area contributed by atoms with Gasteiger partial charge in [-0.25, -0.2) is 9.78 Å². The van der Waals surface area contributed by atoms with Crippen molar-refractivity contribution in [2.24, 2.45) is 0 Å². The maximum atomic E-state index is 12.9. The predicted octanol–water partition coefficient (Wildman–Crippen LogP) is 3.97. The van der Waals surface area contributed by atoms with Crippen molar-refractivity contribution in [2.45, 2.75) is 44.6 Å². The lowest BCUT2D eigenvalue weighted by Crippen LogP contribution is -2.38. The van der Waals surface area contributed by atoms with Crippen molar-refractivity contribution in [3.05, 3.63) is 53.3 Å². The standard InChI is InChI=1S/C25H27N3O5/c1-2-31-25(30)17-6-8-19-20(13-17)28-23(27-19)15-4-3-5-18(12-15)26-24(29)16-7-9-21-22(14-16)33-11-10-32-21/h6-9,13-15,18H,2-5,10-12H2,1H3,(H,26,29)(H,27,28). The van der Waals surface area contributed by atoms with E-state index in [1.165, 1.54) is 0 Å². The molecule has 5 rings (SSSR count). The average Bonchev–Trinajstić information content (AvgIpc) is 3.27. The van der Waals surface area contributed by atoms with Crippen molar-refractivity contribution >= 4 is 22.9 Å². The Morgan fingerprint density at radius 2 is 1.91 bits per heavy atom. The molecule has 1 aromatic heterocycles. The van der Waals surface area contributed by atoms with E-state index < -0.39 is 0 Å². The number of carbonyl (C=O) groups is 2. The number of carbonyl (C=O) groups excluding carboxylic acids is 2. The van der Waals surface area contributed by atoms with Crippen LogP contribution in [0.5, 0.6) is 11.5 Å². The Morgan fingerprint density at radius 3 is 2.76 bits per heavy atom. The molecule has 33 heavy (non-hydrogen) atoms. The largest absolute Gasteiger partial charge is 0.486 e. The molecule has 0 spiro atoms.